The quantitative estimate of drug-likeness (QED) is 0.947. The Balaban J connectivity index is 1.69. The second-order valence-corrected chi connectivity index (χ2v) is 5.54. The molecule has 0 unspecified atom stereocenters. The van der Waals surface area contributed by atoms with E-state index in [1.807, 2.05) is 19.1 Å². The van der Waals surface area contributed by atoms with Crippen molar-refractivity contribution in [3.63, 3.8) is 0 Å². The van der Waals surface area contributed by atoms with Crippen LogP contribution in [-0.2, 0) is 9.59 Å². The SMILES string of the molecule is Cc1cccc(NC(=O)[C@H]2CC(=O)N(c3ccc(F)cc3)C2)n1. The van der Waals surface area contributed by atoms with E-state index in [1.54, 1.807) is 6.07 Å². The van der Waals surface area contributed by atoms with Crippen LogP contribution in [0.5, 0.6) is 0 Å². The lowest BCUT2D eigenvalue weighted by molar-refractivity contribution is -0.122. The van der Waals surface area contributed by atoms with Crippen molar-refractivity contribution in [2.45, 2.75) is 13.3 Å². The number of anilines is 2. The van der Waals surface area contributed by atoms with E-state index in [0.717, 1.165) is 5.69 Å². The topological polar surface area (TPSA) is 62.3 Å². The van der Waals surface area contributed by atoms with Gasteiger partial charge in [0.25, 0.3) is 0 Å². The van der Waals surface area contributed by atoms with Gasteiger partial charge in [0, 0.05) is 24.3 Å². The third-order valence-electron chi connectivity index (χ3n) is 3.77. The van der Waals surface area contributed by atoms with E-state index in [-0.39, 0.29) is 30.6 Å². The van der Waals surface area contributed by atoms with Crippen LogP contribution in [0.15, 0.2) is 42.5 Å². The minimum Gasteiger partial charge on any atom is -0.312 e. The summed E-state index contributed by atoms with van der Waals surface area (Å²) in [6.07, 6.45) is 0.134. The average molecular weight is 313 g/mol. The summed E-state index contributed by atoms with van der Waals surface area (Å²) in [5.74, 6) is -0.715. The largest absolute Gasteiger partial charge is 0.312 e. The van der Waals surface area contributed by atoms with Gasteiger partial charge in [-0.05, 0) is 43.3 Å². The predicted octanol–water partition coefficient (Wildman–Crippen LogP) is 2.52. The van der Waals surface area contributed by atoms with Gasteiger partial charge in [-0.3, -0.25) is 9.59 Å². The molecule has 1 aromatic carbocycles. The summed E-state index contributed by atoms with van der Waals surface area (Å²) in [5.41, 5.74) is 1.40. The second kappa shape index (κ2) is 6.16. The fourth-order valence-corrected chi connectivity index (χ4v) is 2.59. The Hall–Kier alpha value is -2.76. The first-order chi connectivity index (χ1) is 11.0. The maximum atomic E-state index is 13.0. The van der Waals surface area contributed by atoms with Gasteiger partial charge in [0.05, 0.1) is 5.92 Å². The number of halogens is 1. The number of nitrogens with zero attached hydrogens (tertiary/aromatic N) is 2. The monoisotopic (exact) mass is 313 g/mol. The van der Waals surface area contributed by atoms with Crippen molar-refractivity contribution in [1.82, 2.24) is 4.98 Å². The van der Waals surface area contributed by atoms with E-state index in [1.165, 1.54) is 29.2 Å². The van der Waals surface area contributed by atoms with E-state index in [0.29, 0.717) is 11.5 Å². The zero-order chi connectivity index (χ0) is 16.4. The molecule has 2 heterocycles. The van der Waals surface area contributed by atoms with Gasteiger partial charge in [0.1, 0.15) is 11.6 Å². The van der Waals surface area contributed by atoms with E-state index >= 15 is 0 Å². The molecule has 0 saturated carbocycles. The Labute approximate surface area is 133 Å². The number of hydrogen-bond acceptors (Lipinski definition) is 3. The molecule has 118 valence electrons. The van der Waals surface area contributed by atoms with Crippen molar-refractivity contribution >= 4 is 23.3 Å². The summed E-state index contributed by atoms with van der Waals surface area (Å²) in [7, 11) is 0. The summed E-state index contributed by atoms with van der Waals surface area (Å²) in [4.78, 5) is 30.2. The molecule has 1 fully saturated rings. The van der Waals surface area contributed by atoms with E-state index in [4.69, 9.17) is 0 Å². The van der Waals surface area contributed by atoms with Gasteiger partial charge in [-0.15, -0.1) is 0 Å². The van der Waals surface area contributed by atoms with Gasteiger partial charge in [0.2, 0.25) is 11.8 Å². The van der Waals surface area contributed by atoms with E-state index < -0.39 is 5.92 Å². The van der Waals surface area contributed by atoms with Crippen molar-refractivity contribution < 1.29 is 14.0 Å². The predicted molar refractivity (Wildman–Crippen MR) is 84.5 cm³/mol. The number of rotatable bonds is 3. The summed E-state index contributed by atoms with van der Waals surface area (Å²) < 4.78 is 13.0. The highest BCUT2D eigenvalue weighted by atomic mass is 19.1. The first-order valence-corrected chi connectivity index (χ1v) is 7.33. The molecule has 5 nitrogen and oxygen atoms in total. The molecule has 23 heavy (non-hydrogen) atoms. The average Bonchev–Trinajstić information content (AvgIpc) is 2.90. The third-order valence-corrected chi connectivity index (χ3v) is 3.77. The number of carbonyl (C=O) groups excluding carboxylic acids is 2. The number of aromatic nitrogens is 1. The number of hydrogen-bond donors (Lipinski definition) is 1. The minimum atomic E-state index is -0.449. The summed E-state index contributed by atoms with van der Waals surface area (Å²) in [6.45, 7) is 2.12. The molecular weight excluding hydrogens is 297 g/mol. The normalized spacial score (nSPS) is 17.4. The third kappa shape index (κ3) is 3.36. The first kappa shape index (κ1) is 15.1. The number of benzene rings is 1. The van der Waals surface area contributed by atoms with Crippen LogP contribution in [0.2, 0.25) is 0 Å². The minimum absolute atomic E-state index is 0.134. The Kier molecular flexibility index (Phi) is 4.06. The zero-order valence-corrected chi connectivity index (χ0v) is 12.6. The molecule has 3 rings (SSSR count). The van der Waals surface area contributed by atoms with Crippen molar-refractivity contribution in [3.8, 4) is 0 Å². The Morgan fingerprint density at radius 2 is 2.00 bits per heavy atom. The highest BCUT2D eigenvalue weighted by molar-refractivity contribution is 6.03. The molecule has 2 amide bonds. The van der Waals surface area contributed by atoms with Crippen LogP contribution >= 0.6 is 0 Å². The molecule has 0 radical (unpaired) electrons. The van der Waals surface area contributed by atoms with Crippen LogP contribution in [-0.4, -0.2) is 23.3 Å². The van der Waals surface area contributed by atoms with E-state index in [9.17, 15) is 14.0 Å². The number of amides is 2. The summed E-state index contributed by atoms with van der Waals surface area (Å²) in [5, 5.41) is 2.74. The highest BCUT2D eigenvalue weighted by Crippen LogP contribution is 2.26. The van der Waals surface area contributed by atoms with Crippen LogP contribution in [0.4, 0.5) is 15.9 Å². The molecule has 1 aromatic heterocycles. The molecular formula is C17H16FN3O2. The molecule has 0 bridgehead atoms. The molecule has 1 atom stereocenters. The van der Waals surface area contributed by atoms with Gasteiger partial charge >= 0.3 is 0 Å². The van der Waals surface area contributed by atoms with Gasteiger partial charge in [-0.2, -0.15) is 0 Å². The van der Waals surface area contributed by atoms with Crippen LogP contribution in [0.3, 0.4) is 0 Å². The van der Waals surface area contributed by atoms with Crippen LogP contribution < -0.4 is 10.2 Å². The smallest absolute Gasteiger partial charge is 0.230 e. The lowest BCUT2D eigenvalue weighted by Gasteiger charge is -2.16. The Bertz CT molecular complexity index is 746. The van der Waals surface area contributed by atoms with Gasteiger partial charge in [0.15, 0.2) is 0 Å². The molecule has 0 aliphatic carbocycles. The fourth-order valence-electron chi connectivity index (χ4n) is 2.59. The van der Waals surface area contributed by atoms with Crippen molar-refractivity contribution in [3.05, 3.63) is 54.0 Å². The maximum absolute atomic E-state index is 13.0. The van der Waals surface area contributed by atoms with Crippen molar-refractivity contribution in [1.29, 1.82) is 0 Å². The van der Waals surface area contributed by atoms with Gasteiger partial charge < -0.3 is 10.2 Å². The molecule has 1 aliphatic rings. The van der Waals surface area contributed by atoms with Crippen molar-refractivity contribution in [2.24, 2.45) is 5.92 Å². The standard InChI is InChI=1S/C17H16FN3O2/c1-11-3-2-4-15(19-11)20-17(23)12-9-16(22)21(10-12)14-7-5-13(18)6-8-14/h2-8,12H,9-10H2,1H3,(H,19,20,23)/t12-/m0/s1. The lowest BCUT2D eigenvalue weighted by atomic mass is 10.1. The zero-order valence-electron chi connectivity index (χ0n) is 12.6. The van der Waals surface area contributed by atoms with Crippen LogP contribution in [0, 0.1) is 18.7 Å². The number of pyridine rings is 1. The fraction of sp³-hybridized carbons (Fsp3) is 0.235. The number of nitrogens with one attached hydrogen (secondary N) is 1. The Morgan fingerprint density at radius 3 is 2.70 bits per heavy atom. The molecule has 1 N–H and O–H groups in total. The molecule has 0 spiro atoms. The number of aryl methyl sites for hydroxylation is 1. The Morgan fingerprint density at radius 1 is 1.26 bits per heavy atom. The maximum Gasteiger partial charge on any atom is 0.230 e. The lowest BCUT2D eigenvalue weighted by Crippen LogP contribution is -2.28. The van der Waals surface area contributed by atoms with Gasteiger partial charge in [-0.1, -0.05) is 6.07 Å². The molecule has 1 saturated heterocycles. The van der Waals surface area contributed by atoms with Crippen LogP contribution in [0.25, 0.3) is 0 Å². The second-order valence-electron chi connectivity index (χ2n) is 5.54. The molecule has 6 heteroatoms. The van der Waals surface area contributed by atoms with Crippen molar-refractivity contribution in [2.75, 3.05) is 16.8 Å². The summed E-state index contributed by atoms with van der Waals surface area (Å²) >= 11 is 0. The summed E-state index contributed by atoms with van der Waals surface area (Å²) in [6, 6.07) is 11.0. The molecule has 1 aliphatic heterocycles. The van der Waals surface area contributed by atoms with Crippen LogP contribution in [0.1, 0.15) is 12.1 Å². The highest BCUT2D eigenvalue weighted by Gasteiger charge is 2.35. The first-order valence-electron chi connectivity index (χ1n) is 7.33. The van der Waals surface area contributed by atoms with E-state index in [2.05, 4.69) is 10.3 Å². The van der Waals surface area contributed by atoms with Gasteiger partial charge in [-0.25, -0.2) is 9.37 Å². The molecule has 2 aromatic rings. The number of carbonyl (C=O) groups is 2.